The summed E-state index contributed by atoms with van der Waals surface area (Å²) >= 11 is 0. The zero-order valence-electron chi connectivity index (χ0n) is 13.1. The van der Waals surface area contributed by atoms with E-state index < -0.39 is 37.1 Å². The van der Waals surface area contributed by atoms with E-state index in [9.17, 15) is 15.0 Å². The topological polar surface area (TPSA) is 100 Å². The zero-order valence-corrected chi connectivity index (χ0v) is 14.0. The molecule has 1 saturated heterocycles. The van der Waals surface area contributed by atoms with Gasteiger partial charge in [-0.15, -0.1) is 13.2 Å². The molecular weight excluding hydrogens is 305 g/mol. The van der Waals surface area contributed by atoms with Crippen molar-refractivity contribution < 1.29 is 14.9 Å². The minimum atomic E-state index is -1.25. The molecule has 1 aromatic heterocycles. The van der Waals surface area contributed by atoms with Crippen LogP contribution in [0.5, 0.6) is 0 Å². The average Bonchev–Trinajstić information content (AvgIpc) is 2.70. The Morgan fingerprint density at radius 2 is 2.05 bits per heavy atom. The summed E-state index contributed by atoms with van der Waals surface area (Å²) < 4.78 is 8.09. The van der Waals surface area contributed by atoms with Crippen molar-refractivity contribution >= 4 is 13.2 Å². The van der Waals surface area contributed by atoms with Gasteiger partial charge in [-0.1, -0.05) is 0 Å². The molecule has 0 spiro atoms. The molecule has 8 heteroatoms. The summed E-state index contributed by atoms with van der Waals surface area (Å²) in [5.74, 6) is 0. The number of hydrogen-bond acceptors (Lipinski definition) is 5. The molecule has 1 fully saturated rings. The van der Waals surface area contributed by atoms with E-state index in [1.165, 1.54) is 23.9 Å². The second-order valence-electron chi connectivity index (χ2n) is 6.44. The molecule has 1 aliphatic heterocycles. The predicted molar refractivity (Wildman–Crippen MR) is 86.8 cm³/mol. The number of nitrogens with zero attached hydrogens (tertiary/aromatic N) is 2. The van der Waals surface area contributed by atoms with Crippen LogP contribution < -0.4 is 11.2 Å². The van der Waals surface area contributed by atoms with Gasteiger partial charge in [-0.25, -0.2) is 4.79 Å². The predicted octanol–water partition coefficient (Wildman–Crippen LogP) is -0.615. The van der Waals surface area contributed by atoms with Crippen LogP contribution in [0, 0.1) is 5.41 Å². The molecule has 0 bridgehead atoms. The van der Waals surface area contributed by atoms with Crippen LogP contribution in [0.3, 0.4) is 0 Å². The molecule has 7 nitrogen and oxygen atoms in total. The Kier molecular flexibility index (Phi) is 4.82. The first-order chi connectivity index (χ1) is 10.1. The molecule has 0 aromatic carbocycles. The first-order valence-electron chi connectivity index (χ1n) is 7.13. The van der Waals surface area contributed by atoms with Crippen LogP contribution in [0.15, 0.2) is 17.1 Å². The van der Waals surface area contributed by atoms with Gasteiger partial charge in [0, 0.05) is 13.2 Å². The number of ether oxygens (including phenoxy) is 1. The van der Waals surface area contributed by atoms with Gasteiger partial charge in [-0.05, 0) is 32.0 Å². The Morgan fingerprint density at radius 3 is 2.64 bits per heavy atom. The Balaban J connectivity index is 2.24. The fourth-order valence-corrected chi connectivity index (χ4v) is 3.42. The molecule has 4 atom stereocenters. The van der Waals surface area contributed by atoms with Crippen LogP contribution in [0.1, 0.15) is 12.6 Å². The average molecular weight is 329 g/mol. The van der Waals surface area contributed by atoms with Gasteiger partial charge in [-0.3, -0.25) is 14.5 Å². The fourth-order valence-electron chi connectivity index (χ4n) is 2.47. The van der Waals surface area contributed by atoms with E-state index in [0.29, 0.717) is 6.42 Å². The van der Waals surface area contributed by atoms with E-state index in [0.717, 1.165) is 10.7 Å². The largest absolute Gasteiger partial charge is 0.388 e. The van der Waals surface area contributed by atoms with Crippen LogP contribution in [-0.2, 0) is 11.8 Å². The van der Waals surface area contributed by atoms with Gasteiger partial charge in [0.05, 0.1) is 6.10 Å². The van der Waals surface area contributed by atoms with Gasteiger partial charge >= 0.3 is 5.69 Å². The summed E-state index contributed by atoms with van der Waals surface area (Å²) in [7, 11) is 1.48. The van der Waals surface area contributed by atoms with Gasteiger partial charge in [0.25, 0.3) is 0 Å². The number of hydrogen-bond donors (Lipinski definition) is 3. The Labute approximate surface area is 129 Å². The standard InChI is InChI=1S/C14H24N3O4P/c1-16-10(15)5-7-17(14(16)20)13-12(19)11(18)9(21-13)6-8-22(2,3)4/h5,7,9,11-13,15,18-19H,2,6,8H2,1,3-4H3/t9-,11-,12-,13?/m1/s1. The molecule has 3 N–H and O–H groups in total. The number of aromatic nitrogens is 2. The fraction of sp³-hybridized carbons (Fsp3) is 0.643. The molecule has 0 radical (unpaired) electrons. The maximum atomic E-state index is 12.2. The molecule has 2 rings (SSSR count). The second kappa shape index (κ2) is 6.16. The molecule has 1 aliphatic rings. The molecule has 22 heavy (non-hydrogen) atoms. The lowest BCUT2D eigenvalue weighted by molar-refractivity contribution is -0.0408. The number of rotatable bonds is 4. The van der Waals surface area contributed by atoms with Crippen molar-refractivity contribution in [1.29, 1.82) is 5.41 Å². The van der Waals surface area contributed by atoms with Crippen molar-refractivity contribution in [1.82, 2.24) is 9.13 Å². The van der Waals surface area contributed by atoms with Crippen molar-refractivity contribution in [2.24, 2.45) is 7.05 Å². The van der Waals surface area contributed by atoms with Crippen LogP contribution in [0.2, 0.25) is 0 Å². The number of aliphatic hydroxyl groups excluding tert-OH is 2. The van der Waals surface area contributed by atoms with E-state index in [1.54, 1.807) is 0 Å². The maximum absolute atomic E-state index is 12.2. The van der Waals surface area contributed by atoms with Crippen LogP contribution in [0.25, 0.3) is 0 Å². The normalized spacial score (nSPS) is 29.0. The van der Waals surface area contributed by atoms with Gasteiger partial charge in [0.15, 0.2) is 6.23 Å². The summed E-state index contributed by atoms with van der Waals surface area (Å²) in [5, 5.41) is 27.9. The van der Waals surface area contributed by atoms with Crippen LogP contribution in [0.4, 0.5) is 0 Å². The van der Waals surface area contributed by atoms with E-state index in [-0.39, 0.29) is 5.49 Å². The zero-order chi connectivity index (χ0) is 16.7. The highest BCUT2D eigenvalue weighted by molar-refractivity contribution is 7.72. The Bertz CT molecular complexity index is 705. The number of nitrogens with one attached hydrogen (secondary N) is 1. The quantitative estimate of drug-likeness (QED) is 0.641. The number of aliphatic hydroxyl groups is 2. The molecule has 0 amide bonds. The van der Waals surface area contributed by atoms with Crippen molar-refractivity contribution in [2.75, 3.05) is 19.5 Å². The summed E-state index contributed by atoms with van der Waals surface area (Å²) in [6, 6.07) is 1.45. The lowest BCUT2D eigenvalue weighted by Gasteiger charge is -2.19. The van der Waals surface area contributed by atoms with E-state index in [2.05, 4.69) is 19.6 Å². The summed E-state index contributed by atoms with van der Waals surface area (Å²) in [5.41, 5.74) is -0.399. The highest BCUT2D eigenvalue weighted by atomic mass is 31.2. The monoisotopic (exact) mass is 329 g/mol. The van der Waals surface area contributed by atoms with Gasteiger partial charge in [0.2, 0.25) is 0 Å². The Hall–Kier alpha value is -1.14. The summed E-state index contributed by atoms with van der Waals surface area (Å²) in [4.78, 5) is 12.2. The molecule has 0 aliphatic carbocycles. The summed E-state index contributed by atoms with van der Waals surface area (Å²) in [6.07, 6.45) is 3.29. The molecule has 1 aromatic rings. The molecular formula is C14H24N3O4P. The SMILES string of the molecule is C=P(C)(C)CC[C@H]1OC(n2ccc(=N)n(C)c2=O)[C@H](O)[C@@H]1O. The third-order valence-electron chi connectivity index (χ3n) is 3.89. The van der Waals surface area contributed by atoms with E-state index in [4.69, 9.17) is 10.1 Å². The van der Waals surface area contributed by atoms with Crippen molar-refractivity contribution in [2.45, 2.75) is 31.0 Å². The van der Waals surface area contributed by atoms with E-state index >= 15 is 0 Å². The summed E-state index contributed by atoms with van der Waals surface area (Å²) in [6.45, 7) is 2.94. The van der Waals surface area contributed by atoms with Gasteiger partial charge in [-0.2, -0.15) is 0 Å². The second-order valence-corrected chi connectivity index (χ2v) is 10.8. The molecule has 0 saturated carbocycles. The van der Waals surface area contributed by atoms with Gasteiger partial charge in [0.1, 0.15) is 17.7 Å². The Morgan fingerprint density at radius 1 is 1.41 bits per heavy atom. The van der Waals surface area contributed by atoms with Crippen LogP contribution in [-0.4, -0.2) is 63.5 Å². The van der Waals surface area contributed by atoms with E-state index in [1.807, 2.05) is 0 Å². The first-order valence-corrected chi connectivity index (χ1v) is 10.2. The molecule has 1 unspecified atom stereocenters. The molecule has 2 heterocycles. The highest BCUT2D eigenvalue weighted by Gasteiger charge is 2.43. The third-order valence-corrected chi connectivity index (χ3v) is 5.36. The molecule has 124 valence electrons. The lowest BCUT2D eigenvalue weighted by Crippen LogP contribution is -2.41. The minimum absolute atomic E-state index is 0.0643. The van der Waals surface area contributed by atoms with Crippen molar-refractivity contribution in [3.8, 4) is 0 Å². The van der Waals surface area contributed by atoms with Crippen molar-refractivity contribution in [3.05, 3.63) is 28.2 Å². The van der Waals surface area contributed by atoms with Gasteiger partial charge < -0.3 is 14.9 Å². The maximum Gasteiger partial charge on any atom is 0.331 e. The highest BCUT2D eigenvalue weighted by Crippen LogP contribution is 2.39. The lowest BCUT2D eigenvalue weighted by atomic mass is 10.1. The minimum Gasteiger partial charge on any atom is -0.388 e. The van der Waals surface area contributed by atoms with Crippen LogP contribution >= 0.6 is 6.89 Å². The first kappa shape index (κ1) is 17.2. The smallest absolute Gasteiger partial charge is 0.331 e. The van der Waals surface area contributed by atoms with Crippen molar-refractivity contribution in [3.63, 3.8) is 0 Å². The third kappa shape index (κ3) is 3.43.